The van der Waals surface area contributed by atoms with E-state index in [1.54, 1.807) is 6.08 Å². The topological polar surface area (TPSA) is 44.4 Å². The number of nitrogens with one attached hydrogen (secondary N) is 2. The Morgan fingerprint density at radius 2 is 2.11 bits per heavy atom. The van der Waals surface area contributed by atoms with Crippen LogP contribution in [0.4, 0.5) is 0 Å². The maximum absolute atomic E-state index is 11.8. The van der Waals surface area contributed by atoms with Crippen molar-refractivity contribution in [2.75, 3.05) is 19.6 Å². The molecule has 0 aromatic carbocycles. The third kappa shape index (κ3) is 3.33. The van der Waals surface area contributed by atoms with Crippen LogP contribution in [0, 0.1) is 0 Å². The lowest BCUT2D eigenvalue weighted by molar-refractivity contribution is -0.122. The predicted molar refractivity (Wildman–Crippen MR) is 73.4 cm³/mol. The van der Waals surface area contributed by atoms with E-state index in [1.807, 2.05) is 0 Å². The number of rotatable bonds is 6. The summed E-state index contributed by atoms with van der Waals surface area (Å²) >= 11 is 0. The molecule has 0 aromatic heterocycles. The number of hydrogen-bond donors (Lipinski definition) is 2. The molecular formula is C14H25N3O. The maximum Gasteiger partial charge on any atom is 0.234 e. The zero-order valence-electron chi connectivity index (χ0n) is 11.3. The van der Waals surface area contributed by atoms with Gasteiger partial charge in [0.05, 0.1) is 6.54 Å². The molecule has 2 bridgehead atoms. The first-order valence-corrected chi connectivity index (χ1v) is 7.10. The summed E-state index contributed by atoms with van der Waals surface area (Å²) in [5.74, 6) is 0.114. The van der Waals surface area contributed by atoms with E-state index in [0.29, 0.717) is 31.2 Å². The van der Waals surface area contributed by atoms with Crippen LogP contribution in [-0.2, 0) is 4.79 Å². The third-order valence-electron chi connectivity index (χ3n) is 4.16. The van der Waals surface area contributed by atoms with Crippen molar-refractivity contribution in [2.45, 2.75) is 50.7 Å². The lowest BCUT2D eigenvalue weighted by Crippen LogP contribution is -2.50. The Hall–Kier alpha value is -0.870. The van der Waals surface area contributed by atoms with Crippen molar-refractivity contribution < 1.29 is 4.79 Å². The van der Waals surface area contributed by atoms with Gasteiger partial charge in [0, 0.05) is 24.7 Å². The normalized spacial score (nSPS) is 30.4. The quantitative estimate of drug-likeness (QED) is 0.689. The molecule has 0 spiro atoms. The van der Waals surface area contributed by atoms with E-state index in [-0.39, 0.29) is 5.91 Å². The van der Waals surface area contributed by atoms with Crippen LogP contribution in [0.25, 0.3) is 0 Å². The second kappa shape index (κ2) is 6.34. The fraction of sp³-hybridized carbons (Fsp3) is 0.786. The Morgan fingerprint density at radius 1 is 1.44 bits per heavy atom. The number of fused-ring (bicyclic) bond motifs is 2. The smallest absolute Gasteiger partial charge is 0.234 e. The fourth-order valence-electron chi connectivity index (χ4n) is 3.25. The van der Waals surface area contributed by atoms with Crippen molar-refractivity contribution >= 4 is 5.91 Å². The largest absolute Gasteiger partial charge is 0.352 e. The van der Waals surface area contributed by atoms with Crippen molar-refractivity contribution in [2.24, 2.45) is 0 Å². The van der Waals surface area contributed by atoms with Crippen LogP contribution in [0.1, 0.15) is 32.6 Å². The maximum atomic E-state index is 11.8. The van der Waals surface area contributed by atoms with Crippen molar-refractivity contribution in [1.29, 1.82) is 0 Å². The van der Waals surface area contributed by atoms with Crippen LogP contribution in [0.2, 0.25) is 0 Å². The highest BCUT2D eigenvalue weighted by molar-refractivity contribution is 5.78. The molecule has 102 valence electrons. The Labute approximate surface area is 110 Å². The molecule has 18 heavy (non-hydrogen) atoms. The Bertz CT molecular complexity index is 293. The van der Waals surface area contributed by atoms with Gasteiger partial charge in [-0.15, -0.1) is 6.58 Å². The number of nitrogens with zero attached hydrogens (tertiary/aromatic N) is 1. The minimum absolute atomic E-state index is 0.114. The van der Waals surface area contributed by atoms with Crippen molar-refractivity contribution in [3.05, 3.63) is 12.7 Å². The van der Waals surface area contributed by atoms with E-state index in [1.165, 1.54) is 25.7 Å². The Kier molecular flexibility index (Phi) is 4.78. The first kappa shape index (κ1) is 13.6. The first-order valence-electron chi connectivity index (χ1n) is 7.10. The summed E-state index contributed by atoms with van der Waals surface area (Å²) in [6.45, 7) is 7.79. The summed E-state index contributed by atoms with van der Waals surface area (Å²) in [6, 6.07) is 1.93. The molecule has 4 heteroatoms. The van der Waals surface area contributed by atoms with E-state index >= 15 is 0 Å². The lowest BCUT2D eigenvalue weighted by Gasteiger charge is -2.36. The first-order chi connectivity index (χ1) is 8.72. The van der Waals surface area contributed by atoms with Gasteiger partial charge in [0.15, 0.2) is 0 Å². The van der Waals surface area contributed by atoms with Gasteiger partial charge in [0.1, 0.15) is 0 Å². The van der Waals surface area contributed by atoms with Crippen LogP contribution < -0.4 is 10.6 Å². The molecule has 4 nitrogen and oxygen atoms in total. The van der Waals surface area contributed by atoms with Gasteiger partial charge in [-0.3, -0.25) is 9.69 Å². The summed E-state index contributed by atoms with van der Waals surface area (Å²) in [4.78, 5) is 14.1. The second-order valence-corrected chi connectivity index (χ2v) is 5.42. The van der Waals surface area contributed by atoms with Gasteiger partial charge >= 0.3 is 0 Å². The molecular weight excluding hydrogens is 226 g/mol. The molecule has 1 amide bonds. The molecule has 2 unspecified atom stereocenters. The number of carbonyl (C=O) groups excluding carboxylic acids is 1. The Morgan fingerprint density at radius 3 is 2.67 bits per heavy atom. The average Bonchev–Trinajstić information content (AvgIpc) is 2.72. The van der Waals surface area contributed by atoms with E-state index in [4.69, 9.17) is 0 Å². The highest BCUT2D eigenvalue weighted by atomic mass is 16.2. The van der Waals surface area contributed by atoms with Crippen molar-refractivity contribution in [3.8, 4) is 0 Å². The van der Waals surface area contributed by atoms with Crippen molar-refractivity contribution in [1.82, 2.24) is 15.5 Å². The number of amides is 1. The fourth-order valence-corrected chi connectivity index (χ4v) is 3.25. The van der Waals surface area contributed by atoms with Gasteiger partial charge in [-0.25, -0.2) is 0 Å². The number of likely N-dealkylation sites (N-methyl/N-ethyl adjacent to an activating group) is 1. The number of hydrogen-bond acceptors (Lipinski definition) is 3. The van der Waals surface area contributed by atoms with Gasteiger partial charge in [0.2, 0.25) is 5.91 Å². The molecule has 0 aromatic rings. The standard InChI is InChI=1S/C14H25N3O/c1-3-7-15-14(18)10-17(4-2)13-8-11-5-6-12(9-13)16-11/h3,11-13,16H,1,4-10H2,2H3,(H,15,18). The zero-order valence-corrected chi connectivity index (χ0v) is 11.3. The SMILES string of the molecule is C=CCNC(=O)CN(CC)C1CC2CCC(C1)N2. The molecule has 2 saturated heterocycles. The van der Waals surface area contributed by atoms with Crippen LogP contribution >= 0.6 is 0 Å². The molecule has 2 rings (SSSR count). The van der Waals surface area contributed by atoms with E-state index in [2.05, 4.69) is 29.0 Å². The minimum Gasteiger partial charge on any atom is -0.352 e. The third-order valence-corrected chi connectivity index (χ3v) is 4.16. The molecule has 2 heterocycles. The lowest BCUT2D eigenvalue weighted by atomic mass is 9.98. The molecule has 2 fully saturated rings. The number of piperidine rings is 1. The van der Waals surface area contributed by atoms with E-state index < -0.39 is 0 Å². The molecule has 2 aliphatic heterocycles. The summed E-state index contributed by atoms with van der Waals surface area (Å²) in [5, 5.41) is 6.51. The van der Waals surface area contributed by atoms with Crippen LogP contribution in [0.15, 0.2) is 12.7 Å². The average molecular weight is 251 g/mol. The molecule has 0 radical (unpaired) electrons. The van der Waals surface area contributed by atoms with E-state index in [9.17, 15) is 4.79 Å². The molecule has 2 atom stereocenters. The Balaban J connectivity index is 1.84. The highest BCUT2D eigenvalue weighted by Gasteiger charge is 2.35. The van der Waals surface area contributed by atoms with Gasteiger partial charge in [-0.05, 0) is 32.2 Å². The monoisotopic (exact) mass is 251 g/mol. The molecule has 0 aliphatic carbocycles. The van der Waals surface area contributed by atoms with Crippen molar-refractivity contribution in [3.63, 3.8) is 0 Å². The summed E-state index contributed by atoms with van der Waals surface area (Å²) < 4.78 is 0. The minimum atomic E-state index is 0.114. The second-order valence-electron chi connectivity index (χ2n) is 5.42. The highest BCUT2D eigenvalue weighted by Crippen LogP contribution is 2.29. The summed E-state index contributed by atoms with van der Waals surface area (Å²) in [5.41, 5.74) is 0. The van der Waals surface area contributed by atoms with Crippen LogP contribution in [0.3, 0.4) is 0 Å². The predicted octanol–water partition coefficient (Wildman–Crippen LogP) is 0.894. The van der Waals surface area contributed by atoms with Gasteiger partial charge in [0.25, 0.3) is 0 Å². The summed E-state index contributed by atoms with van der Waals surface area (Å²) in [6.07, 6.45) is 6.72. The molecule has 2 N–H and O–H groups in total. The summed E-state index contributed by atoms with van der Waals surface area (Å²) in [7, 11) is 0. The molecule has 0 saturated carbocycles. The van der Waals surface area contributed by atoms with Crippen LogP contribution in [0.5, 0.6) is 0 Å². The van der Waals surface area contributed by atoms with Gasteiger partial charge in [-0.1, -0.05) is 13.0 Å². The zero-order chi connectivity index (χ0) is 13.0. The van der Waals surface area contributed by atoms with Gasteiger partial charge < -0.3 is 10.6 Å². The molecule has 2 aliphatic rings. The van der Waals surface area contributed by atoms with E-state index in [0.717, 1.165) is 6.54 Å². The van der Waals surface area contributed by atoms with Gasteiger partial charge in [-0.2, -0.15) is 0 Å². The number of carbonyl (C=O) groups is 1. The van der Waals surface area contributed by atoms with Crippen LogP contribution in [-0.4, -0.2) is 48.6 Å².